The van der Waals surface area contributed by atoms with Crippen molar-refractivity contribution < 1.29 is 9.53 Å². The van der Waals surface area contributed by atoms with Crippen molar-refractivity contribution in [2.24, 2.45) is 5.92 Å². The second-order valence-corrected chi connectivity index (χ2v) is 7.15. The Morgan fingerprint density at radius 1 is 1.20 bits per heavy atom. The molecule has 1 amide bonds. The highest BCUT2D eigenvalue weighted by molar-refractivity contribution is 6.32. The molecule has 6 heteroatoms. The molecule has 1 aliphatic carbocycles. The normalized spacial score (nSPS) is 17.8. The fourth-order valence-corrected chi connectivity index (χ4v) is 3.93. The maximum absolute atomic E-state index is 12.2. The smallest absolute Gasteiger partial charge is 0.223 e. The Hall–Kier alpha value is -0.970. The van der Waals surface area contributed by atoms with E-state index in [0.717, 1.165) is 44.5 Å². The molecule has 2 N–H and O–H groups in total. The summed E-state index contributed by atoms with van der Waals surface area (Å²) in [5.41, 5.74) is 2.52. The fraction of sp³-hybridized carbons (Fsp3) is 0.632. The van der Waals surface area contributed by atoms with Crippen LogP contribution in [0.15, 0.2) is 12.1 Å². The van der Waals surface area contributed by atoms with Gasteiger partial charge in [-0.05, 0) is 50.4 Å². The van der Waals surface area contributed by atoms with Gasteiger partial charge in [0.1, 0.15) is 12.4 Å². The van der Waals surface area contributed by atoms with Gasteiger partial charge in [0, 0.05) is 11.5 Å². The van der Waals surface area contributed by atoms with E-state index in [9.17, 15) is 4.79 Å². The number of halogens is 2. The highest BCUT2D eigenvalue weighted by Crippen LogP contribution is 2.32. The monoisotopic (exact) mass is 386 g/mol. The van der Waals surface area contributed by atoms with Gasteiger partial charge in [0.05, 0.1) is 11.6 Å². The van der Waals surface area contributed by atoms with Gasteiger partial charge in [-0.15, -0.1) is 12.4 Å². The fourth-order valence-electron chi connectivity index (χ4n) is 3.70. The molecular formula is C19H28Cl2N2O2. The summed E-state index contributed by atoms with van der Waals surface area (Å²) in [6, 6.07) is 4.02. The number of ether oxygens (including phenoxy) is 1. The van der Waals surface area contributed by atoms with E-state index in [-0.39, 0.29) is 24.2 Å². The van der Waals surface area contributed by atoms with Crippen molar-refractivity contribution in [1.29, 1.82) is 0 Å². The largest absolute Gasteiger partial charge is 0.490 e. The predicted octanol–water partition coefficient (Wildman–Crippen LogP) is 3.53. The molecular weight excluding hydrogens is 359 g/mol. The third-order valence-corrected chi connectivity index (χ3v) is 5.35. The molecule has 0 spiro atoms. The molecule has 140 valence electrons. The van der Waals surface area contributed by atoms with Crippen LogP contribution in [0.1, 0.15) is 43.2 Å². The van der Waals surface area contributed by atoms with Gasteiger partial charge in [0.25, 0.3) is 0 Å². The molecule has 1 aromatic carbocycles. The van der Waals surface area contributed by atoms with E-state index in [1.54, 1.807) is 0 Å². The van der Waals surface area contributed by atoms with Gasteiger partial charge < -0.3 is 15.4 Å². The molecule has 0 unspecified atom stereocenters. The minimum atomic E-state index is 0. The maximum Gasteiger partial charge on any atom is 0.223 e. The van der Waals surface area contributed by atoms with Gasteiger partial charge in [-0.3, -0.25) is 4.79 Å². The molecule has 25 heavy (non-hydrogen) atoms. The van der Waals surface area contributed by atoms with Gasteiger partial charge in [-0.1, -0.05) is 36.9 Å². The number of fused-ring (bicyclic) bond motifs is 1. The molecule has 2 aliphatic rings. The van der Waals surface area contributed by atoms with Crippen LogP contribution in [0.25, 0.3) is 0 Å². The summed E-state index contributed by atoms with van der Waals surface area (Å²) in [5.74, 6) is 1.17. The first-order chi connectivity index (χ1) is 11.8. The third kappa shape index (κ3) is 5.50. The minimum Gasteiger partial charge on any atom is -0.490 e. The van der Waals surface area contributed by atoms with Crippen LogP contribution >= 0.6 is 24.0 Å². The Morgan fingerprint density at radius 3 is 2.76 bits per heavy atom. The molecule has 1 fully saturated rings. The van der Waals surface area contributed by atoms with E-state index >= 15 is 0 Å². The zero-order chi connectivity index (χ0) is 16.8. The molecule has 1 heterocycles. The number of benzene rings is 1. The Balaban J connectivity index is 0.00000225. The second kappa shape index (κ2) is 10.2. The first kappa shape index (κ1) is 20.3. The van der Waals surface area contributed by atoms with Crippen molar-refractivity contribution in [3.8, 4) is 5.75 Å². The predicted molar refractivity (Wildman–Crippen MR) is 104 cm³/mol. The second-order valence-electron chi connectivity index (χ2n) is 6.74. The molecule has 0 bridgehead atoms. The van der Waals surface area contributed by atoms with Gasteiger partial charge >= 0.3 is 0 Å². The lowest BCUT2D eigenvalue weighted by Gasteiger charge is -2.21. The van der Waals surface area contributed by atoms with E-state index < -0.39 is 0 Å². The lowest BCUT2D eigenvalue weighted by molar-refractivity contribution is -0.126. The number of nitrogens with one attached hydrogen (secondary N) is 2. The number of carbonyl (C=O) groups excluding carboxylic acids is 1. The standard InChI is InChI=1S/C19H27ClN2O2.ClH/c20-17-7-6-14-8-10-21-11-9-16(14)18(17)24-13-12-22-19(23)15-4-2-1-3-5-15;/h6-7,15,21H,1-5,8-13H2,(H,22,23);1H. The average molecular weight is 387 g/mol. The Labute approximate surface area is 161 Å². The molecule has 0 atom stereocenters. The summed E-state index contributed by atoms with van der Waals surface area (Å²) in [4.78, 5) is 12.2. The first-order valence-electron chi connectivity index (χ1n) is 9.17. The lowest BCUT2D eigenvalue weighted by Crippen LogP contribution is -2.34. The summed E-state index contributed by atoms with van der Waals surface area (Å²) in [6.07, 6.45) is 7.60. The molecule has 1 aromatic rings. The number of hydrogen-bond donors (Lipinski definition) is 2. The van der Waals surface area contributed by atoms with Crippen LogP contribution in [-0.4, -0.2) is 32.1 Å². The Morgan fingerprint density at radius 2 is 1.96 bits per heavy atom. The van der Waals surface area contributed by atoms with E-state index in [1.807, 2.05) is 6.07 Å². The molecule has 0 radical (unpaired) electrons. The summed E-state index contributed by atoms with van der Waals surface area (Å²) in [6.45, 7) is 2.93. The van der Waals surface area contributed by atoms with E-state index in [0.29, 0.717) is 18.2 Å². The summed E-state index contributed by atoms with van der Waals surface area (Å²) in [5, 5.41) is 7.08. The number of hydrogen-bond acceptors (Lipinski definition) is 3. The van der Waals surface area contributed by atoms with Crippen LogP contribution in [0.3, 0.4) is 0 Å². The highest BCUT2D eigenvalue weighted by Gasteiger charge is 2.21. The van der Waals surface area contributed by atoms with Crippen molar-refractivity contribution >= 4 is 29.9 Å². The van der Waals surface area contributed by atoms with Crippen LogP contribution in [0.5, 0.6) is 5.75 Å². The molecule has 3 rings (SSSR count). The zero-order valence-electron chi connectivity index (χ0n) is 14.6. The molecule has 1 saturated carbocycles. The van der Waals surface area contributed by atoms with E-state index in [1.165, 1.54) is 30.4 Å². The SMILES string of the molecule is Cl.O=C(NCCOc1c(Cl)ccc2c1CCNCC2)C1CCCCC1. The molecule has 0 aromatic heterocycles. The van der Waals surface area contributed by atoms with E-state index in [2.05, 4.69) is 16.7 Å². The van der Waals surface area contributed by atoms with Gasteiger partial charge in [-0.25, -0.2) is 0 Å². The van der Waals surface area contributed by atoms with Gasteiger partial charge in [-0.2, -0.15) is 0 Å². The average Bonchev–Trinajstić information content (AvgIpc) is 2.86. The van der Waals surface area contributed by atoms with Gasteiger partial charge in [0.2, 0.25) is 5.91 Å². The topological polar surface area (TPSA) is 50.4 Å². The van der Waals surface area contributed by atoms with Crippen molar-refractivity contribution in [1.82, 2.24) is 10.6 Å². The summed E-state index contributed by atoms with van der Waals surface area (Å²) in [7, 11) is 0. The van der Waals surface area contributed by atoms with Crippen molar-refractivity contribution in [2.45, 2.75) is 44.9 Å². The van der Waals surface area contributed by atoms with Crippen LogP contribution in [0, 0.1) is 5.92 Å². The number of carbonyl (C=O) groups is 1. The van der Waals surface area contributed by atoms with E-state index in [4.69, 9.17) is 16.3 Å². The minimum absolute atomic E-state index is 0. The summed E-state index contributed by atoms with van der Waals surface area (Å²) >= 11 is 6.34. The van der Waals surface area contributed by atoms with Crippen molar-refractivity contribution in [3.05, 3.63) is 28.3 Å². The maximum atomic E-state index is 12.2. The quantitative estimate of drug-likeness (QED) is 0.760. The van der Waals surface area contributed by atoms with Crippen molar-refractivity contribution in [3.63, 3.8) is 0 Å². The van der Waals surface area contributed by atoms with Crippen LogP contribution < -0.4 is 15.4 Å². The molecule has 4 nitrogen and oxygen atoms in total. The molecule has 1 aliphatic heterocycles. The highest BCUT2D eigenvalue weighted by atomic mass is 35.5. The van der Waals surface area contributed by atoms with Crippen LogP contribution in [-0.2, 0) is 17.6 Å². The Kier molecular flexibility index (Phi) is 8.34. The first-order valence-corrected chi connectivity index (χ1v) is 9.55. The number of amides is 1. The molecule has 0 saturated heterocycles. The Bertz CT molecular complexity index is 575. The number of rotatable bonds is 5. The van der Waals surface area contributed by atoms with Crippen molar-refractivity contribution in [2.75, 3.05) is 26.2 Å². The summed E-state index contributed by atoms with van der Waals surface area (Å²) < 4.78 is 5.95. The lowest BCUT2D eigenvalue weighted by atomic mass is 9.89. The zero-order valence-corrected chi connectivity index (χ0v) is 16.2. The third-order valence-electron chi connectivity index (χ3n) is 5.06. The van der Waals surface area contributed by atoms with Gasteiger partial charge in [0.15, 0.2) is 0 Å². The van der Waals surface area contributed by atoms with Crippen LogP contribution in [0.4, 0.5) is 0 Å². The van der Waals surface area contributed by atoms with Crippen LogP contribution in [0.2, 0.25) is 5.02 Å².